The van der Waals surface area contributed by atoms with Gasteiger partial charge in [-0.2, -0.15) is 0 Å². The average molecular weight is 378 g/mol. The molecule has 1 atom stereocenters. The molecule has 1 aliphatic rings. The minimum atomic E-state index is -0.482. The minimum absolute atomic E-state index is 0.184. The van der Waals surface area contributed by atoms with E-state index in [2.05, 4.69) is 4.98 Å². The van der Waals surface area contributed by atoms with Gasteiger partial charge in [0.2, 0.25) is 0 Å². The van der Waals surface area contributed by atoms with Gasteiger partial charge in [0.15, 0.2) is 0 Å². The van der Waals surface area contributed by atoms with Crippen LogP contribution in [0.5, 0.6) is 0 Å². The average Bonchev–Trinajstić information content (AvgIpc) is 2.97. The summed E-state index contributed by atoms with van der Waals surface area (Å²) in [6, 6.07) is 0. The van der Waals surface area contributed by atoms with Crippen molar-refractivity contribution < 1.29 is 19.1 Å². The zero-order chi connectivity index (χ0) is 18.8. The predicted molar refractivity (Wildman–Crippen MR) is 97.6 cm³/mol. The van der Waals surface area contributed by atoms with E-state index >= 15 is 0 Å². The molecule has 0 spiro atoms. The molecule has 0 aromatic carbocycles. The normalized spacial score (nSPS) is 16.3. The van der Waals surface area contributed by atoms with E-state index in [0.29, 0.717) is 29.1 Å². The lowest BCUT2D eigenvalue weighted by molar-refractivity contribution is -0.145. The summed E-state index contributed by atoms with van der Waals surface area (Å²) in [6.45, 7) is 5.55. The first kappa shape index (κ1) is 18.6. The van der Waals surface area contributed by atoms with Crippen molar-refractivity contribution in [3.05, 3.63) is 26.6 Å². The van der Waals surface area contributed by atoms with E-state index in [1.807, 2.05) is 0 Å². The van der Waals surface area contributed by atoms with Crippen molar-refractivity contribution in [3.8, 4) is 0 Å². The van der Waals surface area contributed by atoms with E-state index in [1.54, 1.807) is 20.8 Å². The van der Waals surface area contributed by atoms with Gasteiger partial charge in [-0.1, -0.05) is 0 Å². The van der Waals surface area contributed by atoms with E-state index in [-0.39, 0.29) is 24.7 Å². The van der Waals surface area contributed by atoms with Crippen molar-refractivity contribution in [2.45, 2.75) is 52.5 Å². The first-order valence-electron chi connectivity index (χ1n) is 8.82. The maximum atomic E-state index is 13.1. The molecule has 140 valence electrons. The van der Waals surface area contributed by atoms with Crippen molar-refractivity contribution >= 4 is 33.5 Å². The van der Waals surface area contributed by atoms with Gasteiger partial charge in [-0.25, -0.2) is 4.98 Å². The van der Waals surface area contributed by atoms with Gasteiger partial charge in [0.1, 0.15) is 17.2 Å². The number of carbonyl (C=O) groups excluding carboxylic acids is 2. The number of rotatable bonds is 5. The number of aromatic nitrogens is 2. The van der Waals surface area contributed by atoms with Crippen molar-refractivity contribution in [3.63, 3.8) is 0 Å². The topological polar surface area (TPSA) is 87.5 Å². The van der Waals surface area contributed by atoms with Crippen LogP contribution in [0, 0.1) is 6.92 Å². The number of aryl methyl sites for hydroxylation is 2. The van der Waals surface area contributed by atoms with Crippen LogP contribution < -0.4 is 5.56 Å². The molecule has 0 amide bonds. The molecule has 1 aliphatic carbocycles. The summed E-state index contributed by atoms with van der Waals surface area (Å²) in [5.41, 5.74) is 0.444. The maximum Gasteiger partial charge on any atom is 0.326 e. The number of fused-ring (bicyclic) bond motifs is 3. The SMILES string of the molecule is CCOC(=O)Cn1c(C)nc2sc3c(c2c1=O)[C@H](C(=O)OCC)CCC3. The Morgan fingerprint density at radius 1 is 1.27 bits per heavy atom. The molecule has 7 nitrogen and oxygen atoms in total. The summed E-state index contributed by atoms with van der Waals surface area (Å²) >= 11 is 1.46. The Morgan fingerprint density at radius 3 is 2.69 bits per heavy atom. The number of carbonyl (C=O) groups is 2. The highest BCUT2D eigenvalue weighted by atomic mass is 32.1. The quantitative estimate of drug-likeness (QED) is 0.742. The number of nitrogens with zero attached hydrogens (tertiary/aromatic N) is 2. The van der Waals surface area contributed by atoms with E-state index in [1.165, 1.54) is 15.9 Å². The van der Waals surface area contributed by atoms with Crippen LogP contribution in [-0.2, 0) is 32.0 Å². The van der Waals surface area contributed by atoms with Crippen LogP contribution in [0.3, 0.4) is 0 Å². The molecule has 2 heterocycles. The van der Waals surface area contributed by atoms with Gasteiger partial charge in [0, 0.05) is 4.88 Å². The summed E-state index contributed by atoms with van der Waals surface area (Å²) in [4.78, 5) is 43.5. The molecule has 2 aromatic rings. The molecular weight excluding hydrogens is 356 g/mol. The Labute approximate surface area is 154 Å². The van der Waals surface area contributed by atoms with Gasteiger partial charge in [0.25, 0.3) is 5.56 Å². The third-order valence-corrected chi connectivity index (χ3v) is 5.68. The maximum absolute atomic E-state index is 13.1. The lowest BCUT2D eigenvalue weighted by atomic mass is 9.86. The molecule has 2 aromatic heterocycles. The van der Waals surface area contributed by atoms with Crippen molar-refractivity contribution in [2.24, 2.45) is 0 Å². The van der Waals surface area contributed by atoms with Crippen molar-refractivity contribution in [1.82, 2.24) is 9.55 Å². The zero-order valence-corrected chi connectivity index (χ0v) is 16.0. The molecule has 0 radical (unpaired) electrons. The van der Waals surface area contributed by atoms with Gasteiger partial charge in [-0.15, -0.1) is 11.3 Å². The Balaban J connectivity index is 2.15. The molecule has 26 heavy (non-hydrogen) atoms. The highest BCUT2D eigenvalue weighted by Crippen LogP contribution is 2.41. The molecule has 0 fully saturated rings. The van der Waals surface area contributed by atoms with Gasteiger partial charge in [-0.05, 0) is 45.6 Å². The number of hydrogen-bond donors (Lipinski definition) is 0. The highest BCUT2D eigenvalue weighted by Gasteiger charge is 2.33. The van der Waals surface area contributed by atoms with Gasteiger partial charge in [0.05, 0.1) is 24.5 Å². The van der Waals surface area contributed by atoms with E-state index in [9.17, 15) is 14.4 Å². The minimum Gasteiger partial charge on any atom is -0.466 e. The fourth-order valence-corrected chi connectivity index (χ4v) is 4.73. The Morgan fingerprint density at radius 2 is 2.00 bits per heavy atom. The number of thiophene rings is 1. The molecule has 0 saturated heterocycles. The third kappa shape index (κ3) is 3.25. The van der Waals surface area contributed by atoms with Crippen LogP contribution in [0.15, 0.2) is 4.79 Å². The number of hydrogen-bond acceptors (Lipinski definition) is 7. The summed E-state index contributed by atoms with van der Waals surface area (Å²) in [5.74, 6) is -0.766. The van der Waals surface area contributed by atoms with Gasteiger partial charge < -0.3 is 9.47 Å². The second-order valence-corrected chi connectivity index (χ2v) is 7.25. The van der Waals surface area contributed by atoms with Crippen LogP contribution in [0.25, 0.3) is 10.2 Å². The molecule has 0 N–H and O–H groups in total. The number of ether oxygens (including phenoxy) is 2. The number of esters is 2. The molecule has 8 heteroatoms. The molecule has 0 saturated carbocycles. The second-order valence-electron chi connectivity index (χ2n) is 6.17. The molecule has 0 unspecified atom stereocenters. The molecule has 0 aliphatic heterocycles. The van der Waals surface area contributed by atoms with Gasteiger partial charge >= 0.3 is 11.9 Å². The van der Waals surface area contributed by atoms with Crippen molar-refractivity contribution in [2.75, 3.05) is 13.2 Å². The van der Waals surface area contributed by atoms with Gasteiger partial charge in [-0.3, -0.25) is 19.0 Å². The van der Waals surface area contributed by atoms with E-state index in [4.69, 9.17) is 9.47 Å². The summed E-state index contributed by atoms with van der Waals surface area (Å²) < 4.78 is 11.5. The zero-order valence-electron chi connectivity index (χ0n) is 15.2. The lowest BCUT2D eigenvalue weighted by Gasteiger charge is -2.21. The summed E-state index contributed by atoms with van der Waals surface area (Å²) in [7, 11) is 0. The van der Waals surface area contributed by atoms with Crippen LogP contribution in [0.4, 0.5) is 0 Å². The van der Waals surface area contributed by atoms with Crippen LogP contribution in [0.2, 0.25) is 0 Å². The van der Waals surface area contributed by atoms with Crippen molar-refractivity contribution in [1.29, 1.82) is 0 Å². The van der Waals surface area contributed by atoms with Crippen LogP contribution in [0.1, 0.15) is 48.9 Å². The smallest absolute Gasteiger partial charge is 0.326 e. The second kappa shape index (κ2) is 7.57. The fraction of sp³-hybridized carbons (Fsp3) is 0.556. The molecular formula is C18H22N2O5S. The van der Waals surface area contributed by atoms with Crippen LogP contribution in [-0.4, -0.2) is 34.7 Å². The predicted octanol–water partition coefficient (Wildman–Crippen LogP) is 2.31. The third-order valence-electron chi connectivity index (χ3n) is 4.53. The Hall–Kier alpha value is -2.22. The molecule has 3 rings (SSSR count). The fourth-order valence-electron chi connectivity index (χ4n) is 3.42. The first-order valence-corrected chi connectivity index (χ1v) is 9.64. The first-order chi connectivity index (χ1) is 12.5. The summed E-state index contributed by atoms with van der Waals surface area (Å²) in [5, 5.41) is 0.442. The van der Waals surface area contributed by atoms with Crippen LogP contribution >= 0.6 is 11.3 Å². The summed E-state index contributed by atoms with van der Waals surface area (Å²) in [6.07, 6.45) is 2.35. The Bertz CT molecular complexity index is 914. The standard InChI is InChI=1S/C18H22N2O5S/c1-4-24-13(21)9-20-10(3)19-16-15(17(20)22)14-11(18(23)25-5-2)7-6-8-12(14)26-16/h11H,4-9H2,1-3H3/t11-/m1/s1. The Kier molecular flexibility index (Phi) is 5.41. The molecule has 0 bridgehead atoms. The highest BCUT2D eigenvalue weighted by molar-refractivity contribution is 7.18. The monoisotopic (exact) mass is 378 g/mol. The van der Waals surface area contributed by atoms with E-state index in [0.717, 1.165) is 23.3 Å². The van der Waals surface area contributed by atoms with E-state index < -0.39 is 11.9 Å². The lowest BCUT2D eigenvalue weighted by Crippen LogP contribution is -2.29. The largest absolute Gasteiger partial charge is 0.466 e.